The Kier molecular flexibility index (Phi) is 5.58. The number of hydrogen-bond donors (Lipinski definition) is 3. The highest BCUT2D eigenvalue weighted by Gasteiger charge is 2.55. The fourth-order valence-electron chi connectivity index (χ4n) is 4.66. The molecule has 5 heterocycles. The fraction of sp³-hybridized carbons (Fsp3) is 0.208. The van der Waals surface area contributed by atoms with Crippen LogP contribution < -0.4 is 5.56 Å². The van der Waals surface area contributed by atoms with Crippen molar-refractivity contribution < 1.29 is 28.6 Å². The van der Waals surface area contributed by atoms with Crippen LogP contribution >= 0.6 is 20.0 Å². The van der Waals surface area contributed by atoms with Gasteiger partial charge in [0.2, 0.25) is 5.78 Å². The van der Waals surface area contributed by atoms with Crippen molar-refractivity contribution in [1.82, 2.24) is 23.9 Å². The molecule has 5 aromatic rings. The van der Waals surface area contributed by atoms with Gasteiger partial charge in [-0.2, -0.15) is 4.98 Å². The zero-order chi connectivity index (χ0) is 26.0. The lowest BCUT2D eigenvalue weighted by Gasteiger charge is -2.18. The maximum atomic E-state index is 13.6. The number of phenolic OH excluding ortho intramolecular Hbond substituents is 1. The number of ether oxygens (including phenoxy) is 1. The zero-order valence-corrected chi connectivity index (χ0v) is 21.1. The van der Waals surface area contributed by atoms with Crippen molar-refractivity contribution >= 4 is 37.0 Å². The molecule has 0 bridgehead atoms. The van der Waals surface area contributed by atoms with Crippen LogP contribution in [0, 0.1) is 0 Å². The van der Waals surface area contributed by atoms with Gasteiger partial charge in [0.15, 0.2) is 28.7 Å². The summed E-state index contributed by atoms with van der Waals surface area (Å²) in [4.78, 5) is 26.8. The number of aromatic hydroxyl groups is 1. The molecule has 2 aliphatic rings. The highest BCUT2D eigenvalue weighted by atomic mass is 32.2. The van der Waals surface area contributed by atoms with E-state index in [-0.39, 0.29) is 29.3 Å². The largest absolute Gasteiger partial charge is 0.697 e. The molecule has 7 rings (SSSR count). The lowest BCUT2D eigenvalue weighted by atomic mass is 10.1. The summed E-state index contributed by atoms with van der Waals surface area (Å²) in [6.07, 6.45) is -2.17. The lowest BCUT2D eigenvalue weighted by molar-refractivity contribution is -0.0583. The van der Waals surface area contributed by atoms with Crippen LogP contribution in [0.25, 0.3) is 28.2 Å². The number of aromatic amines is 1. The topological polar surface area (TPSA) is 153 Å². The quantitative estimate of drug-likeness (QED) is 0.283. The van der Waals surface area contributed by atoms with Gasteiger partial charge in [0, 0.05) is 15.7 Å². The van der Waals surface area contributed by atoms with E-state index in [0.29, 0.717) is 10.9 Å². The predicted octanol–water partition coefficient (Wildman–Crippen LogP) is 3.23. The molecule has 3 N–H and O–H groups in total. The Hall–Kier alpha value is -3.58. The standard InChI is InChI=1S/C24H18N5O7PS/c30-13-6-8-14(9-7-13)38-24-26-17-20(29(24)22-18(31)19-16(35-22)11-34-37(33)36-19)27-23-25-15(10-28(23)21(17)32)12-4-2-1-3-5-12/h1-10,16,18-19,22,31H,11H2,(H-,25,27,30,32)/p+1/t16?,18?,19-,22-/m1/s1. The molecule has 0 spiro atoms. The third kappa shape index (κ3) is 3.83. The molecule has 3 aromatic heterocycles. The summed E-state index contributed by atoms with van der Waals surface area (Å²) in [5.41, 5.74) is 1.46. The fourth-order valence-corrected chi connectivity index (χ4v) is 6.35. The van der Waals surface area contributed by atoms with E-state index in [1.807, 2.05) is 30.3 Å². The van der Waals surface area contributed by atoms with Gasteiger partial charge >= 0.3 is 8.25 Å². The van der Waals surface area contributed by atoms with E-state index in [9.17, 15) is 19.6 Å². The first-order valence-corrected chi connectivity index (χ1v) is 13.5. The van der Waals surface area contributed by atoms with Gasteiger partial charge in [-0.1, -0.05) is 42.1 Å². The van der Waals surface area contributed by atoms with Crippen molar-refractivity contribution in [2.45, 2.75) is 34.6 Å². The zero-order valence-electron chi connectivity index (χ0n) is 19.4. The predicted molar refractivity (Wildman–Crippen MR) is 135 cm³/mol. The molecule has 3 unspecified atom stereocenters. The minimum Gasteiger partial charge on any atom is -0.508 e. The van der Waals surface area contributed by atoms with Gasteiger partial charge in [-0.25, -0.2) is 9.38 Å². The van der Waals surface area contributed by atoms with E-state index in [1.165, 1.54) is 28.3 Å². The van der Waals surface area contributed by atoms with Gasteiger partial charge in [-0.3, -0.25) is 9.36 Å². The van der Waals surface area contributed by atoms with Crippen LogP contribution in [0.4, 0.5) is 0 Å². The Labute approximate surface area is 218 Å². The summed E-state index contributed by atoms with van der Waals surface area (Å²) in [7, 11) is -2.38. The number of aromatic nitrogens is 5. The molecule has 0 aliphatic carbocycles. The molecule has 192 valence electrons. The van der Waals surface area contributed by atoms with E-state index in [4.69, 9.17) is 18.8 Å². The van der Waals surface area contributed by atoms with Crippen molar-refractivity contribution in [3.63, 3.8) is 0 Å². The van der Waals surface area contributed by atoms with E-state index in [1.54, 1.807) is 22.9 Å². The second-order valence-electron chi connectivity index (χ2n) is 8.82. The molecule has 5 atom stereocenters. The van der Waals surface area contributed by atoms with Crippen molar-refractivity contribution in [3.05, 3.63) is 71.1 Å². The number of phenols is 1. The number of imidazole rings is 2. The van der Waals surface area contributed by atoms with Gasteiger partial charge in [0.05, 0.1) is 5.69 Å². The molecule has 2 fully saturated rings. The molecule has 0 radical (unpaired) electrons. The first-order valence-electron chi connectivity index (χ1n) is 11.6. The Morgan fingerprint density at radius 3 is 2.68 bits per heavy atom. The summed E-state index contributed by atoms with van der Waals surface area (Å²) in [5, 5.41) is 21.2. The summed E-state index contributed by atoms with van der Waals surface area (Å²) in [6.45, 7) is -0.0160. The normalized spacial score (nSPS) is 24.3. The van der Waals surface area contributed by atoms with Crippen LogP contribution in [0.3, 0.4) is 0 Å². The number of nitrogens with zero attached hydrogens (tertiary/aromatic N) is 4. The van der Waals surface area contributed by atoms with Crippen LogP contribution in [0.2, 0.25) is 0 Å². The number of aliphatic hydroxyl groups excluding tert-OH is 1. The number of aliphatic hydroxyl groups is 1. The molecule has 2 aromatic carbocycles. The molecule has 14 heteroatoms. The van der Waals surface area contributed by atoms with Gasteiger partial charge in [0.25, 0.3) is 5.56 Å². The van der Waals surface area contributed by atoms with Gasteiger partial charge in [0.1, 0.15) is 24.6 Å². The SMILES string of the molecule is O=c1c2nc(Sc3ccc(O)cc3)n([C@@H]3OC4CO[P+](=O)O[C@H]4C3O)c2nc2[nH]c(-c3ccccc3)cn12. The number of rotatable bonds is 4. The number of hydrogen-bond acceptors (Lipinski definition) is 10. The minimum atomic E-state index is -2.38. The van der Waals surface area contributed by atoms with E-state index in [2.05, 4.69) is 9.97 Å². The average Bonchev–Trinajstić information content (AvgIpc) is 3.60. The second kappa shape index (κ2) is 9.02. The van der Waals surface area contributed by atoms with Gasteiger partial charge in [-0.05, 0) is 29.8 Å². The molecule has 38 heavy (non-hydrogen) atoms. The Morgan fingerprint density at radius 1 is 1.11 bits per heavy atom. The smallest absolute Gasteiger partial charge is 0.508 e. The van der Waals surface area contributed by atoms with Crippen LogP contribution in [0.5, 0.6) is 5.75 Å². The monoisotopic (exact) mass is 552 g/mol. The average molecular weight is 552 g/mol. The molecule has 2 saturated heterocycles. The first kappa shape index (κ1) is 23.5. The van der Waals surface area contributed by atoms with Crippen LogP contribution in [-0.4, -0.2) is 59.1 Å². The highest BCUT2D eigenvalue weighted by Crippen LogP contribution is 2.44. The molecule has 12 nitrogen and oxygen atoms in total. The maximum absolute atomic E-state index is 13.6. The Morgan fingerprint density at radius 2 is 1.89 bits per heavy atom. The van der Waals surface area contributed by atoms with Crippen LogP contribution in [0.15, 0.2) is 75.6 Å². The van der Waals surface area contributed by atoms with E-state index >= 15 is 0 Å². The third-order valence-corrected chi connectivity index (χ3v) is 8.22. The van der Waals surface area contributed by atoms with Crippen molar-refractivity contribution in [3.8, 4) is 17.0 Å². The second-order valence-corrected chi connectivity index (χ2v) is 10.8. The molecule has 0 amide bonds. The Balaban J connectivity index is 1.40. The van der Waals surface area contributed by atoms with E-state index in [0.717, 1.165) is 10.5 Å². The van der Waals surface area contributed by atoms with Gasteiger partial charge in [-0.15, -0.1) is 9.05 Å². The van der Waals surface area contributed by atoms with E-state index < -0.39 is 38.4 Å². The van der Waals surface area contributed by atoms with Crippen molar-refractivity contribution in [1.29, 1.82) is 0 Å². The number of fused-ring (bicyclic) bond motifs is 3. The van der Waals surface area contributed by atoms with Crippen LogP contribution in [-0.2, 0) is 18.3 Å². The maximum Gasteiger partial charge on any atom is 0.697 e. The number of nitrogens with one attached hydrogen (secondary N) is 1. The van der Waals surface area contributed by atoms with Crippen LogP contribution in [0.1, 0.15) is 6.23 Å². The summed E-state index contributed by atoms with van der Waals surface area (Å²) >= 11 is 1.21. The lowest BCUT2D eigenvalue weighted by Crippen LogP contribution is -2.37. The molecular weight excluding hydrogens is 533 g/mol. The third-order valence-electron chi connectivity index (χ3n) is 6.47. The molecule has 0 saturated carbocycles. The number of benzene rings is 2. The summed E-state index contributed by atoms with van der Waals surface area (Å²) in [6, 6.07) is 16.0. The Bertz CT molecular complexity index is 1750. The van der Waals surface area contributed by atoms with Gasteiger partial charge < -0.3 is 19.9 Å². The first-order chi connectivity index (χ1) is 18.5. The van der Waals surface area contributed by atoms with Crippen molar-refractivity contribution in [2.75, 3.05) is 6.61 Å². The summed E-state index contributed by atoms with van der Waals surface area (Å²) in [5.74, 6) is 0.396. The number of H-pyrrole nitrogens is 1. The molecule has 2 aliphatic heterocycles. The summed E-state index contributed by atoms with van der Waals surface area (Å²) < 4.78 is 31.3. The minimum absolute atomic E-state index is 0.0160. The van der Waals surface area contributed by atoms with Crippen molar-refractivity contribution in [2.24, 2.45) is 0 Å². The highest BCUT2D eigenvalue weighted by molar-refractivity contribution is 7.99. The molecular formula is C24H19N5O7PS+.